The zero-order chi connectivity index (χ0) is 10.2. The van der Waals surface area contributed by atoms with Crippen molar-refractivity contribution in [3.05, 3.63) is 0 Å². The van der Waals surface area contributed by atoms with Crippen LogP contribution in [0.3, 0.4) is 0 Å². The molecule has 0 saturated carbocycles. The van der Waals surface area contributed by atoms with Gasteiger partial charge < -0.3 is 14.8 Å². The minimum Gasteiger partial charge on any atom is -0.380 e. The largest absolute Gasteiger partial charge is 0.380 e. The second-order valence-electron chi connectivity index (χ2n) is 3.70. The molecular formula is C10H22N2O2. The number of morpholine rings is 1. The van der Waals surface area contributed by atoms with E-state index in [1.807, 2.05) is 0 Å². The van der Waals surface area contributed by atoms with Crippen LogP contribution in [0.15, 0.2) is 0 Å². The summed E-state index contributed by atoms with van der Waals surface area (Å²) in [6.45, 7) is 9.06. The maximum atomic E-state index is 5.28. The predicted octanol–water partition coefficient (Wildman–Crippen LogP) is -0.0569. The molecular weight excluding hydrogens is 180 g/mol. The van der Waals surface area contributed by atoms with E-state index in [2.05, 4.69) is 17.1 Å². The zero-order valence-electron chi connectivity index (χ0n) is 9.29. The van der Waals surface area contributed by atoms with Crippen molar-refractivity contribution in [2.45, 2.75) is 13.0 Å². The van der Waals surface area contributed by atoms with Crippen LogP contribution in [0.5, 0.6) is 0 Å². The average Bonchev–Trinajstić information content (AvgIpc) is 2.25. The maximum absolute atomic E-state index is 5.28. The van der Waals surface area contributed by atoms with E-state index in [9.17, 15) is 0 Å². The third kappa shape index (κ3) is 4.91. The fraction of sp³-hybridized carbons (Fsp3) is 1.00. The van der Waals surface area contributed by atoms with Crippen molar-refractivity contribution >= 4 is 0 Å². The Hall–Kier alpha value is -0.160. The number of nitrogens with zero attached hydrogens (tertiary/aromatic N) is 1. The lowest BCUT2D eigenvalue weighted by molar-refractivity contribution is 0.0378. The van der Waals surface area contributed by atoms with E-state index >= 15 is 0 Å². The molecule has 0 aromatic heterocycles. The summed E-state index contributed by atoms with van der Waals surface area (Å²) >= 11 is 0. The van der Waals surface area contributed by atoms with E-state index in [4.69, 9.17) is 9.47 Å². The molecule has 0 radical (unpaired) electrons. The summed E-state index contributed by atoms with van der Waals surface area (Å²) in [6, 6.07) is 0. The molecule has 0 aliphatic carbocycles. The Morgan fingerprint density at radius 1 is 1.43 bits per heavy atom. The Bertz CT molecular complexity index is 138. The monoisotopic (exact) mass is 202 g/mol. The van der Waals surface area contributed by atoms with Gasteiger partial charge in [-0.1, -0.05) is 0 Å². The van der Waals surface area contributed by atoms with Crippen molar-refractivity contribution in [3.63, 3.8) is 0 Å². The van der Waals surface area contributed by atoms with Gasteiger partial charge in [0.05, 0.1) is 19.3 Å². The van der Waals surface area contributed by atoms with Crippen LogP contribution in [0.1, 0.15) is 6.92 Å². The van der Waals surface area contributed by atoms with Crippen molar-refractivity contribution in [2.75, 3.05) is 53.0 Å². The van der Waals surface area contributed by atoms with E-state index in [0.717, 1.165) is 45.9 Å². The van der Waals surface area contributed by atoms with Gasteiger partial charge in [0.15, 0.2) is 0 Å². The van der Waals surface area contributed by atoms with Crippen LogP contribution in [-0.4, -0.2) is 64.1 Å². The first-order valence-electron chi connectivity index (χ1n) is 5.36. The van der Waals surface area contributed by atoms with Crippen LogP contribution in [0.2, 0.25) is 0 Å². The summed E-state index contributed by atoms with van der Waals surface area (Å²) in [5.74, 6) is 0. The summed E-state index contributed by atoms with van der Waals surface area (Å²) < 4.78 is 10.4. The van der Waals surface area contributed by atoms with Gasteiger partial charge in [-0.15, -0.1) is 0 Å². The average molecular weight is 202 g/mol. The van der Waals surface area contributed by atoms with Crippen molar-refractivity contribution in [3.8, 4) is 0 Å². The smallest absolute Gasteiger partial charge is 0.0667 e. The van der Waals surface area contributed by atoms with Gasteiger partial charge in [-0.2, -0.15) is 0 Å². The summed E-state index contributed by atoms with van der Waals surface area (Å²) in [5, 5.41) is 3.38. The van der Waals surface area contributed by atoms with Crippen LogP contribution in [0, 0.1) is 0 Å². The Balaban J connectivity index is 1.92. The van der Waals surface area contributed by atoms with E-state index in [1.54, 1.807) is 7.11 Å². The Labute approximate surface area is 86.6 Å². The Kier molecular flexibility index (Phi) is 6.10. The van der Waals surface area contributed by atoms with Crippen LogP contribution in [0.25, 0.3) is 0 Å². The first kappa shape index (κ1) is 11.9. The van der Waals surface area contributed by atoms with E-state index in [0.29, 0.717) is 6.10 Å². The van der Waals surface area contributed by atoms with Crippen LogP contribution >= 0.6 is 0 Å². The first-order valence-corrected chi connectivity index (χ1v) is 5.36. The molecule has 84 valence electrons. The molecule has 1 N–H and O–H groups in total. The SMILES string of the molecule is COC(C)CNCCN1CCOCC1. The number of hydrogen-bond acceptors (Lipinski definition) is 4. The number of methoxy groups -OCH3 is 1. The molecule has 4 heteroatoms. The third-order valence-corrected chi connectivity index (χ3v) is 2.54. The van der Waals surface area contributed by atoms with Gasteiger partial charge in [0.2, 0.25) is 0 Å². The molecule has 1 fully saturated rings. The summed E-state index contributed by atoms with van der Waals surface area (Å²) in [7, 11) is 1.74. The van der Waals surface area contributed by atoms with Gasteiger partial charge in [0.25, 0.3) is 0 Å². The van der Waals surface area contributed by atoms with Gasteiger partial charge in [0, 0.05) is 39.8 Å². The summed E-state index contributed by atoms with van der Waals surface area (Å²) in [5.41, 5.74) is 0. The lowest BCUT2D eigenvalue weighted by atomic mass is 10.4. The molecule has 0 amide bonds. The van der Waals surface area contributed by atoms with Gasteiger partial charge in [0.1, 0.15) is 0 Å². The van der Waals surface area contributed by atoms with Crippen LogP contribution in [0.4, 0.5) is 0 Å². The summed E-state index contributed by atoms with van der Waals surface area (Å²) in [6.07, 6.45) is 0.305. The number of nitrogens with one attached hydrogen (secondary N) is 1. The molecule has 0 spiro atoms. The molecule has 0 aromatic rings. The number of rotatable bonds is 6. The van der Waals surface area contributed by atoms with Crippen molar-refractivity contribution in [1.82, 2.24) is 10.2 Å². The molecule has 1 rings (SSSR count). The van der Waals surface area contributed by atoms with E-state index < -0.39 is 0 Å². The Morgan fingerprint density at radius 2 is 2.14 bits per heavy atom. The molecule has 14 heavy (non-hydrogen) atoms. The maximum Gasteiger partial charge on any atom is 0.0667 e. The van der Waals surface area contributed by atoms with Gasteiger partial charge in [-0.3, -0.25) is 4.90 Å². The quantitative estimate of drug-likeness (QED) is 0.612. The molecule has 1 aliphatic heterocycles. The van der Waals surface area contributed by atoms with Crippen LogP contribution in [-0.2, 0) is 9.47 Å². The van der Waals surface area contributed by atoms with Crippen LogP contribution < -0.4 is 5.32 Å². The Morgan fingerprint density at radius 3 is 2.79 bits per heavy atom. The van der Waals surface area contributed by atoms with E-state index in [-0.39, 0.29) is 0 Å². The van der Waals surface area contributed by atoms with Crippen molar-refractivity contribution < 1.29 is 9.47 Å². The summed E-state index contributed by atoms with van der Waals surface area (Å²) in [4.78, 5) is 2.42. The molecule has 1 heterocycles. The second-order valence-corrected chi connectivity index (χ2v) is 3.70. The van der Waals surface area contributed by atoms with Crippen molar-refractivity contribution in [2.24, 2.45) is 0 Å². The fourth-order valence-electron chi connectivity index (χ4n) is 1.45. The normalized spacial score (nSPS) is 21.0. The predicted molar refractivity (Wildman–Crippen MR) is 56.6 cm³/mol. The topological polar surface area (TPSA) is 33.7 Å². The van der Waals surface area contributed by atoms with Gasteiger partial charge >= 0.3 is 0 Å². The number of hydrogen-bond donors (Lipinski definition) is 1. The third-order valence-electron chi connectivity index (χ3n) is 2.54. The van der Waals surface area contributed by atoms with Gasteiger partial charge in [-0.25, -0.2) is 0 Å². The first-order chi connectivity index (χ1) is 6.83. The molecule has 0 bridgehead atoms. The molecule has 1 aliphatic rings. The second kappa shape index (κ2) is 7.17. The highest BCUT2D eigenvalue weighted by Gasteiger charge is 2.09. The minimum absolute atomic E-state index is 0.305. The lowest BCUT2D eigenvalue weighted by Gasteiger charge is -2.26. The minimum atomic E-state index is 0.305. The molecule has 1 saturated heterocycles. The van der Waals surface area contributed by atoms with Gasteiger partial charge in [-0.05, 0) is 6.92 Å². The fourth-order valence-corrected chi connectivity index (χ4v) is 1.45. The number of ether oxygens (including phenoxy) is 2. The molecule has 1 atom stereocenters. The molecule has 4 nitrogen and oxygen atoms in total. The molecule has 1 unspecified atom stereocenters. The lowest BCUT2D eigenvalue weighted by Crippen LogP contribution is -2.41. The highest BCUT2D eigenvalue weighted by atomic mass is 16.5. The van der Waals surface area contributed by atoms with E-state index in [1.165, 1.54) is 0 Å². The standard InChI is InChI=1S/C10H22N2O2/c1-10(13-2)9-11-3-4-12-5-7-14-8-6-12/h10-11H,3-9H2,1-2H3. The highest BCUT2D eigenvalue weighted by Crippen LogP contribution is 1.94. The zero-order valence-corrected chi connectivity index (χ0v) is 9.29. The highest BCUT2D eigenvalue weighted by molar-refractivity contribution is 4.64. The van der Waals surface area contributed by atoms with Crippen molar-refractivity contribution in [1.29, 1.82) is 0 Å². The molecule has 0 aromatic carbocycles.